The number of ether oxygens (including phenoxy) is 1. The third-order valence-corrected chi connectivity index (χ3v) is 2.86. The first-order chi connectivity index (χ1) is 8.93. The van der Waals surface area contributed by atoms with Crippen molar-refractivity contribution in [2.75, 3.05) is 7.11 Å². The van der Waals surface area contributed by atoms with E-state index >= 15 is 0 Å². The Morgan fingerprint density at radius 2 is 2.00 bits per heavy atom. The molecular weight excluding hydrogens is 240 g/mol. The molecule has 0 heterocycles. The van der Waals surface area contributed by atoms with Gasteiger partial charge in [-0.25, -0.2) is 0 Å². The average molecular weight is 264 g/mol. The summed E-state index contributed by atoms with van der Waals surface area (Å²) in [4.78, 5) is 11.8. The van der Waals surface area contributed by atoms with Crippen LogP contribution >= 0.6 is 0 Å². The highest BCUT2D eigenvalue weighted by molar-refractivity contribution is 5.81. The van der Waals surface area contributed by atoms with Crippen LogP contribution in [0.15, 0.2) is 18.2 Å². The lowest BCUT2D eigenvalue weighted by atomic mass is 10.1. The van der Waals surface area contributed by atoms with Crippen molar-refractivity contribution in [3.63, 3.8) is 0 Å². The topological polar surface area (TPSA) is 50.4 Å². The molecule has 1 atom stereocenters. The summed E-state index contributed by atoms with van der Waals surface area (Å²) in [5.74, 6) is 0.858. The van der Waals surface area contributed by atoms with Crippen LogP contribution in [0.2, 0.25) is 0 Å². The molecule has 1 unspecified atom stereocenters. The fourth-order valence-electron chi connectivity index (χ4n) is 1.81. The molecule has 1 aromatic carbocycles. The molecule has 4 nitrogen and oxygen atoms in total. The Morgan fingerprint density at radius 1 is 1.32 bits per heavy atom. The predicted molar refractivity (Wildman–Crippen MR) is 77.3 cm³/mol. The number of carbonyl (C=O) groups is 1. The average Bonchev–Trinajstić information content (AvgIpc) is 2.35. The van der Waals surface area contributed by atoms with Crippen molar-refractivity contribution in [1.29, 1.82) is 0 Å². The molecule has 0 saturated heterocycles. The first-order valence-corrected chi connectivity index (χ1v) is 6.61. The maximum absolute atomic E-state index is 11.8. The zero-order valence-electron chi connectivity index (χ0n) is 12.4. The molecule has 0 aliphatic carbocycles. The lowest BCUT2D eigenvalue weighted by molar-refractivity contribution is -0.123. The molecule has 106 valence electrons. The number of carbonyl (C=O) groups excluding carboxylic acids is 1. The number of aryl methyl sites for hydroxylation is 1. The summed E-state index contributed by atoms with van der Waals surface area (Å²) < 4.78 is 5.32. The van der Waals surface area contributed by atoms with E-state index in [4.69, 9.17) is 4.74 Å². The number of amides is 1. The van der Waals surface area contributed by atoms with Gasteiger partial charge in [-0.2, -0.15) is 0 Å². The minimum absolute atomic E-state index is 0.0154. The van der Waals surface area contributed by atoms with Gasteiger partial charge in [-0.3, -0.25) is 4.79 Å². The highest BCUT2D eigenvalue weighted by Crippen LogP contribution is 2.19. The minimum Gasteiger partial charge on any atom is -0.496 e. The van der Waals surface area contributed by atoms with Crippen LogP contribution in [0.25, 0.3) is 0 Å². The Bertz CT molecular complexity index is 430. The van der Waals surface area contributed by atoms with Crippen LogP contribution in [0.1, 0.15) is 31.9 Å². The molecule has 0 fully saturated rings. The van der Waals surface area contributed by atoms with Crippen molar-refractivity contribution in [2.45, 2.75) is 46.3 Å². The maximum atomic E-state index is 11.8. The number of benzene rings is 1. The van der Waals surface area contributed by atoms with Crippen LogP contribution in [-0.4, -0.2) is 25.1 Å². The molecule has 0 aliphatic heterocycles. The second-order valence-corrected chi connectivity index (χ2v) is 5.08. The van der Waals surface area contributed by atoms with E-state index in [0.29, 0.717) is 6.54 Å². The van der Waals surface area contributed by atoms with Crippen LogP contribution in [-0.2, 0) is 11.3 Å². The molecule has 0 bridgehead atoms. The van der Waals surface area contributed by atoms with Gasteiger partial charge in [-0.05, 0) is 33.8 Å². The molecule has 1 rings (SSSR count). The van der Waals surface area contributed by atoms with E-state index in [1.54, 1.807) is 7.11 Å². The number of hydrogen-bond donors (Lipinski definition) is 2. The van der Waals surface area contributed by atoms with E-state index in [2.05, 4.69) is 16.7 Å². The number of rotatable bonds is 6. The summed E-state index contributed by atoms with van der Waals surface area (Å²) in [6, 6.07) is 5.96. The molecule has 1 aromatic rings. The van der Waals surface area contributed by atoms with E-state index in [0.717, 1.165) is 11.3 Å². The van der Waals surface area contributed by atoms with Crippen molar-refractivity contribution < 1.29 is 9.53 Å². The van der Waals surface area contributed by atoms with Crippen molar-refractivity contribution in [3.05, 3.63) is 29.3 Å². The molecule has 0 aromatic heterocycles. The Hall–Kier alpha value is -1.55. The summed E-state index contributed by atoms with van der Waals surface area (Å²) in [6.07, 6.45) is 0. The summed E-state index contributed by atoms with van der Waals surface area (Å²) in [7, 11) is 1.66. The lowest BCUT2D eigenvalue weighted by Gasteiger charge is -2.17. The fourth-order valence-corrected chi connectivity index (χ4v) is 1.81. The highest BCUT2D eigenvalue weighted by atomic mass is 16.5. The van der Waals surface area contributed by atoms with Gasteiger partial charge >= 0.3 is 0 Å². The zero-order chi connectivity index (χ0) is 14.4. The summed E-state index contributed by atoms with van der Waals surface area (Å²) in [6.45, 7) is 8.41. The van der Waals surface area contributed by atoms with Crippen LogP contribution in [0, 0.1) is 6.92 Å². The van der Waals surface area contributed by atoms with Gasteiger partial charge in [0, 0.05) is 18.2 Å². The van der Waals surface area contributed by atoms with Crippen molar-refractivity contribution in [2.24, 2.45) is 0 Å². The molecule has 0 spiro atoms. The standard InChI is InChI=1S/C15H24N2O2/c1-10(2)17-15(18)12(4)16-9-13-8-11(3)6-7-14(13)19-5/h6-8,10,12,16H,9H2,1-5H3,(H,17,18). The van der Waals surface area contributed by atoms with Crippen LogP contribution in [0.5, 0.6) is 5.75 Å². The van der Waals surface area contributed by atoms with E-state index < -0.39 is 0 Å². The third-order valence-electron chi connectivity index (χ3n) is 2.86. The summed E-state index contributed by atoms with van der Waals surface area (Å²) in [5.41, 5.74) is 2.24. The first kappa shape index (κ1) is 15.5. The van der Waals surface area contributed by atoms with E-state index in [1.165, 1.54) is 5.56 Å². The molecule has 1 amide bonds. The molecule has 0 radical (unpaired) electrons. The van der Waals surface area contributed by atoms with Gasteiger partial charge < -0.3 is 15.4 Å². The number of hydrogen-bond acceptors (Lipinski definition) is 3. The van der Waals surface area contributed by atoms with E-state index in [1.807, 2.05) is 39.8 Å². The van der Waals surface area contributed by atoms with Crippen molar-refractivity contribution in [3.8, 4) is 5.75 Å². The van der Waals surface area contributed by atoms with Crippen LogP contribution in [0.4, 0.5) is 0 Å². The Labute approximate surface area is 115 Å². The van der Waals surface area contributed by atoms with Gasteiger partial charge in [0.1, 0.15) is 5.75 Å². The van der Waals surface area contributed by atoms with E-state index in [-0.39, 0.29) is 18.0 Å². The molecule has 0 saturated carbocycles. The number of methoxy groups -OCH3 is 1. The molecule has 0 aliphatic rings. The predicted octanol–water partition coefficient (Wildman–Crippen LogP) is 2.01. The Balaban J connectivity index is 2.61. The first-order valence-electron chi connectivity index (χ1n) is 6.61. The van der Waals surface area contributed by atoms with Gasteiger partial charge in [0.2, 0.25) is 5.91 Å². The fraction of sp³-hybridized carbons (Fsp3) is 0.533. The molecule has 19 heavy (non-hydrogen) atoms. The number of nitrogens with one attached hydrogen (secondary N) is 2. The normalized spacial score (nSPS) is 12.3. The quantitative estimate of drug-likeness (QED) is 0.826. The van der Waals surface area contributed by atoms with Crippen LogP contribution < -0.4 is 15.4 Å². The van der Waals surface area contributed by atoms with Crippen LogP contribution in [0.3, 0.4) is 0 Å². The maximum Gasteiger partial charge on any atom is 0.237 e. The largest absolute Gasteiger partial charge is 0.496 e. The van der Waals surface area contributed by atoms with Gasteiger partial charge in [0.05, 0.1) is 13.2 Å². The molecular formula is C15H24N2O2. The Kier molecular flexibility index (Phi) is 5.83. The van der Waals surface area contributed by atoms with Gasteiger partial charge in [-0.15, -0.1) is 0 Å². The Morgan fingerprint density at radius 3 is 2.58 bits per heavy atom. The van der Waals surface area contributed by atoms with Crippen molar-refractivity contribution >= 4 is 5.91 Å². The van der Waals surface area contributed by atoms with Crippen molar-refractivity contribution in [1.82, 2.24) is 10.6 Å². The monoisotopic (exact) mass is 264 g/mol. The summed E-state index contributed by atoms with van der Waals surface area (Å²) in [5, 5.41) is 6.10. The minimum atomic E-state index is -0.229. The molecule has 4 heteroatoms. The van der Waals surface area contributed by atoms with Gasteiger partial charge in [-0.1, -0.05) is 17.7 Å². The smallest absolute Gasteiger partial charge is 0.237 e. The van der Waals surface area contributed by atoms with Gasteiger partial charge in [0.25, 0.3) is 0 Å². The third kappa shape index (κ3) is 4.91. The zero-order valence-corrected chi connectivity index (χ0v) is 12.4. The van der Waals surface area contributed by atoms with Gasteiger partial charge in [0.15, 0.2) is 0 Å². The second kappa shape index (κ2) is 7.14. The van der Waals surface area contributed by atoms with E-state index in [9.17, 15) is 4.79 Å². The highest BCUT2D eigenvalue weighted by Gasteiger charge is 2.13. The second-order valence-electron chi connectivity index (χ2n) is 5.08. The molecule has 2 N–H and O–H groups in total. The SMILES string of the molecule is COc1ccc(C)cc1CNC(C)C(=O)NC(C)C. The summed E-state index contributed by atoms with van der Waals surface area (Å²) >= 11 is 0. The lowest BCUT2D eigenvalue weighted by Crippen LogP contribution is -2.44.